The largest absolute Gasteiger partial charge is 0.497 e. The van der Waals surface area contributed by atoms with Gasteiger partial charge in [0.1, 0.15) is 11.5 Å². The molecule has 1 aromatic carbocycles. The molecule has 0 aliphatic carbocycles. The van der Waals surface area contributed by atoms with Crippen molar-refractivity contribution in [2.75, 3.05) is 7.11 Å². The van der Waals surface area contributed by atoms with Crippen LogP contribution in [0.5, 0.6) is 5.75 Å². The lowest BCUT2D eigenvalue weighted by molar-refractivity contribution is -0.117. The van der Waals surface area contributed by atoms with Crippen molar-refractivity contribution >= 4 is 17.5 Å². The fourth-order valence-corrected chi connectivity index (χ4v) is 2.21. The van der Waals surface area contributed by atoms with Crippen LogP contribution in [0.25, 0.3) is 0 Å². The zero-order valence-corrected chi connectivity index (χ0v) is 10.1. The van der Waals surface area contributed by atoms with Gasteiger partial charge >= 0.3 is 0 Å². The molecule has 0 bridgehead atoms. The van der Waals surface area contributed by atoms with Crippen LogP contribution >= 0.6 is 11.8 Å². The first kappa shape index (κ1) is 12.1. The van der Waals surface area contributed by atoms with Crippen molar-refractivity contribution < 1.29 is 9.53 Å². The maximum Gasteiger partial charge on any atom is 0.145 e. The Morgan fingerprint density at radius 3 is 2.47 bits per heavy atom. The van der Waals surface area contributed by atoms with Crippen LogP contribution in [0.2, 0.25) is 0 Å². The first-order valence-corrected chi connectivity index (χ1v) is 5.88. The SMILES string of the molecule is CCC(=O)C(C)Sc1ccc(OC)cc1. The summed E-state index contributed by atoms with van der Waals surface area (Å²) in [6, 6.07) is 7.77. The molecule has 0 fully saturated rings. The predicted octanol–water partition coefficient (Wildman–Crippen LogP) is 3.15. The first-order chi connectivity index (χ1) is 7.17. The lowest BCUT2D eigenvalue weighted by Crippen LogP contribution is -2.10. The van der Waals surface area contributed by atoms with Gasteiger partial charge in [0.25, 0.3) is 0 Å². The molecule has 2 nitrogen and oxygen atoms in total. The molecule has 0 aromatic heterocycles. The third kappa shape index (κ3) is 3.59. The second-order valence-electron chi connectivity index (χ2n) is 3.26. The number of thioether (sulfide) groups is 1. The van der Waals surface area contributed by atoms with Crippen molar-refractivity contribution in [1.29, 1.82) is 0 Å². The molecule has 1 rings (SSSR count). The predicted molar refractivity (Wildman–Crippen MR) is 63.6 cm³/mol. The highest BCUT2D eigenvalue weighted by Crippen LogP contribution is 2.26. The normalized spacial score (nSPS) is 12.2. The van der Waals surface area contributed by atoms with Gasteiger partial charge in [-0.25, -0.2) is 0 Å². The summed E-state index contributed by atoms with van der Waals surface area (Å²) in [4.78, 5) is 12.5. The van der Waals surface area contributed by atoms with Crippen LogP contribution in [0.15, 0.2) is 29.2 Å². The van der Waals surface area contributed by atoms with Gasteiger partial charge in [-0.05, 0) is 31.2 Å². The zero-order valence-electron chi connectivity index (χ0n) is 9.32. The van der Waals surface area contributed by atoms with Gasteiger partial charge in [-0.2, -0.15) is 0 Å². The summed E-state index contributed by atoms with van der Waals surface area (Å²) in [5.74, 6) is 1.13. The van der Waals surface area contributed by atoms with Gasteiger partial charge in [0, 0.05) is 11.3 Å². The van der Waals surface area contributed by atoms with E-state index in [2.05, 4.69) is 0 Å². The molecule has 1 aromatic rings. The summed E-state index contributed by atoms with van der Waals surface area (Å²) < 4.78 is 5.07. The Morgan fingerprint density at radius 2 is 2.00 bits per heavy atom. The minimum Gasteiger partial charge on any atom is -0.497 e. The number of rotatable bonds is 5. The van der Waals surface area contributed by atoms with E-state index in [0.29, 0.717) is 6.42 Å². The summed E-state index contributed by atoms with van der Waals surface area (Å²) in [5.41, 5.74) is 0. The molecule has 0 saturated carbocycles. The average molecular weight is 224 g/mol. The Morgan fingerprint density at radius 1 is 1.40 bits per heavy atom. The van der Waals surface area contributed by atoms with Crippen molar-refractivity contribution in [2.24, 2.45) is 0 Å². The van der Waals surface area contributed by atoms with E-state index in [9.17, 15) is 4.79 Å². The summed E-state index contributed by atoms with van der Waals surface area (Å²) in [5, 5.41) is 0.0309. The lowest BCUT2D eigenvalue weighted by Gasteiger charge is -2.09. The zero-order chi connectivity index (χ0) is 11.3. The fraction of sp³-hybridized carbons (Fsp3) is 0.417. The van der Waals surface area contributed by atoms with E-state index in [4.69, 9.17) is 4.74 Å². The number of ether oxygens (including phenoxy) is 1. The molecular weight excluding hydrogens is 208 g/mol. The van der Waals surface area contributed by atoms with E-state index in [1.54, 1.807) is 18.9 Å². The topological polar surface area (TPSA) is 26.3 Å². The lowest BCUT2D eigenvalue weighted by atomic mass is 10.2. The van der Waals surface area contributed by atoms with Gasteiger partial charge in [0.2, 0.25) is 0 Å². The monoisotopic (exact) mass is 224 g/mol. The number of carbonyl (C=O) groups excluding carboxylic acids is 1. The van der Waals surface area contributed by atoms with E-state index < -0.39 is 0 Å². The van der Waals surface area contributed by atoms with Gasteiger partial charge < -0.3 is 4.74 Å². The van der Waals surface area contributed by atoms with Crippen molar-refractivity contribution in [3.63, 3.8) is 0 Å². The summed E-state index contributed by atoms with van der Waals surface area (Å²) in [6.07, 6.45) is 0.602. The molecule has 0 aliphatic rings. The van der Waals surface area contributed by atoms with Crippen molar-refractivity contribution in [2.45, 2.75) is 30.4 Å². The van der Waals surface area contributed by atoms with Crippen LogP contribution in [-0.2, 0) is 4.79 Å². The standard InChI is InChI=1S/C12H16O2S/c1-4-12(13)9(2)15-11-7-5-10(14-3)6-8-11/h5-9H,4H2,1-3H3. The maximum absolute atomic E-state index is 11.4. The van der Waals surface area contributed by atoms with Gasteiger partial charge in [-0.1, -0.05) is 6.92 Å². The summed E-state index contributed by atoms with van der Waals surface area (Å²) >= 11 is 1.59. The van der Waals surface area contributed by atoms with E-state index in [-0.39, 0.29) is 11.0 Å². The van der Waals surface area contributed by atoms with Gasteiger partial charge in [-0.15, -0.1) is 11.8 Å². The number of benzene rings is 1. The molecule has 0 amide bonds. The summed E-state index contributed by atoms with van der Waals surface area (Å²) in [7, 11) is 1.64. The molecule has 1 unspecified atom stereocenters. The smallest absolute Gasteiger partial charge is 0.145 e. The Balaban J connectivity index is 2.60. The number of hydrogen-bond acceptors (Lipinski definition) is 3. The quantitative estimate of drug-likeness (QED) is 0.719. The summed E-state index contributed by atoms with van der Waals surface area (Å²) in [6.45, 7) is 3.84. The maximum atomic E-state index is 11.4. The number of carbonyl (C=O) groups is 1. The minimum absolute atomic E-state index is 0.0309. The highest BCUT2D eigenvalue weighted by molar-refractivity contribution is 8.00. The molecule has 3 heteroatoms. The third-order valence-corrected chi connectivity index (χ3v) is 3.33. The number of ketones is 1. The molecule has 0 spiro atoms. The molecule has 15 heavy (non-hydrogen) atoms. The molecule has 1 atom stereocenters. The van der Waals surface area contributed by atoms with Gasteiger partial charge in [0.05, 0.1) is 12.4 Å². The van der Waals surface area contributed by atoms with Crippen molar-refractivity contribution in [3.8, 4) is 5.75 Å². The molecule has 0 aliphatic heterocycles. The fourth-order valence-electron chi connectivity index (χ4n) is 1.21. The van der Waals surface area contributed by atoms with Crippen molar-refractivity contribution in [1.82, 2.24) is 0 Å². The Kier molecular flexibility index (Phi) is 4.69. The van der Waals surface area contributed by atoms with Crippen LogP contribution in [0.4, 0.5) is 0 Å². The highest BCUT2D eigenvalue weighted by Gasteiger charge is 2.11. The van der Waals surface area contributed by atoms with Crippen LogP contribution in [0.1, 0.15) is 20.3 Å². The second-order valence-corrected chi connectivity index (χ2v) is 4.67. The van der Waals surface area contributed by atoms with Crippen LogP contribution < -0.4 is 4.74 Å². The van der Waals surface area contributed by atoms with Crippen molar-refractivity contribution in [3.05, 3.63) is 24.3 Å². The Bertz CT molecular complexity index is 319. The number of Topliss-reactive ketones (excluding diaryl/α,β-unsaturated/α-hetero) is 1. The Hall–Kier alpha value is -0.960. The van der Waals surface area contributed by atoms with Gasteiger partial charge in [-0.3, -0.25) is 4.79 Å². The Labute approximate surface area is 95.0 Å². The minimum atomic E-state index is 0.0309. The molecule has 82 valence electrons. The molecule has 0 radical (unpaired) electrons. The van der Waals surface area contributed by atoms with E-state index in [1.165, 1.54) is 0 Å². The highest BCUT2D eigenvalue weighted by atomic mass is 32.2. The average Bonchev–Trinajstić information content (AvgIpc) is 2.29. The molecule has 0 N–H and O–H groups in total. The third-order valence-electron chi connectivity index (χ3n) is 2.17. The van der Waals surface area contributed by atoms with Crippen LogP contribution in [0, 0.1) is 0 Å². The van der Waals surface area contributed by atoms with Crippen LogP contribution in [-0.4, -0.2) is 18.1 Å². The van der Waals surface area contributed by atoms with E-state index in [0.717, 1.165) is 10.6 Å². The second kappa shape index (κ2) is 5.81. The molecule has 0 saturated heterocycles. The number of hydrogen-bond donors (Lipinski definition) is 0. The molecular formula is C12H16O2S. The number of methoxy groups -OCH3 is 1. The first-order valence-electron chi connectivity index (χ1n) is 5.00. The van der Waals surface area contributed by atoms with Gasteiger partial charge in [0.15, 0.2) is 0 Å². The van der Waals surface area contributed by atoms with Crippen LogP contribution in [0.3, 0.4) is 0 Å². The van der Waals surface area contributed by atoms with E-state index >= 15 is 0 Å². The van der Waals surface area contributed by atoms with E-state index in [1.807, 2.05) is 38.1 Å². The molecule has 0 heterocycles.